The minimum Gasteiger partial charge on any atom is -0.423 e. The van der Waals surface area contributed by atoms with Gasteiger partial charge in [-0.05, 0) is 29.9 Å². The molecule has 0 amide bonds. The van der Waals surface area contributed by atoms with Crippen molar-refractivity contribution in [2.24, 2.45) is 0 Å². The first kappa shape index (κ1) is 14.8. The number of para-hydroxylation sites is 1. The first-order valence-electron chi connectivity index (χ1n) is 7.63. The third-order valence-corrected chi connectivity index (χ3v) is 3.89. The maximum Gasteiger partial charge on any atom is 0.489 e. The molecule has 22 heavy (non-hydrogen) atoms. The number of H-pyrrole nitrogens is 1. The van der Waals surface area contributed by atoms with Gasteiger partial charge in [0.1, 0.15) is 5.82 Å². The summed E-state index contributed by atoms with van der Waals surface area (Å²) in [6.07, 6.45) is 3.28. The van der Waals surface area contributed by atoms with Crippen molar-refractivity contribution in [1.82, 2.24) is 9.97 Å². The highest BCUT2D eigenvalue weighted by atomic mass is 16.4. The summed E-state index contributed by atoms with van der Waals surface area (Å²) in [6.45, 7) is 2.18. The Morgan fingerprint density at radius 2 is 1.91 bits per heavy atom. The molecule has 0 unspecified atom stereocenters. The number of aromatic amines is 1. The van der Waals surface area contributed by atoms with Gasteiger partial charge in [0.15, 0.2) is 0 Å². The van der Waals surface area contributed by atoms with Crippen molar-refractivity contribution in [3.63, 3.8) is 0 Å². The molecule has 0 aliphatic carbocycles. The van der Waals surface area contributed by atoms with Crippen molar-refractivity contribution in [3.05, 3.63) is 48.0 Å². The molecule has 3 rings (SSSR count). The third-order valence-electron chi connectivity index (χ3n) is 3.89. The number of nitrogens with one attached hydrogen (secondary N) is 1. The Hall–Kier alpha value is -2.11. The second kappa shape index (κ2) is 6.34. The summed E-state index contributed by atoms with van der Waals surface area (Å²) >= 11 is 0. The summed E-state index contributed by atoms with van der Waals surface area (Å²) in [5, 5.41) is 19.1. The molecule has 4 nitrogen and oxygen atoms in total. The number of hydrogen-bond acceptors (Lipinski definition) is 3. The fraction of sp³-hybridized carbons (Fsp3) is 0.235. The van der Waals surface area contributed by atoms with E-state index in [9.17, 15) is 10.0 Å². The largest absolute Gasteiger partial charge is 0.489 e. The van der Waals surface area contributed by atoms with E-state index in [0.717, 1.165) is 35.9 Å². The average molecular weight is 294 g/mol. The molecule has 3 N–H and O–H groups in total. The second-order valence-electron chi connectivity index (χ2n) is 5.46. The van der Waals surface area contributed by atoms with Gasteiger partial charge >= 0.3 is 7.12 Å². The van der Waals surface area contributed by atoms with Crippen LogP contribution in [0.15, 0.2) is 42.5 Å². The topological polar surface area (TPSA) is 69.1 Å². The Balaban J connectivity index is 2.10. The van der Waals surface area contributed by atoms with Gasteiger partial charge in [0.05, 0.1) is 11.0 Å². The first-order chi connectivity index (χ1) is 10.7. The molecule has 1 heterocycles. The van der Waals surface area contributed by atoms with Gasteiger partial charge in [-0.25, -0.2) is 4.98 Å². The van der Waals surface area contributed by atoms with E-state index in [0.29, 0.717) is 11.3 Å². The summed E-state index contributed by atoms with van der Waals surface area (Å²) in [5.41, 5.74) is 4.34. The lowest BCUT2D eigenvalue weighted by Crippen LogP contribution is -2.31. The second-order valence-corrected chi connectivity index (χ2v) is 5.46. The van der Waals surface area contributed by atoms with E-state index >= 15 is 0 Å². The summed E-state index contributed by atoms with van der Waals surface area (Å²) in [6, 6.07) is 13.3. The number of rotatable bonds is 5. The van der Waals surface area contributed by atoms with Crippen LogP contribution in [0.1, 0.15) is 25.3 Å². The predicted octanol–water partition coefficient (Wildman–Crippen LogP) is 2.25. The minimum absolute atomic E-state index is 0.455. The average Bonchev–Trinajstić information content (AvgIpc) is 2.97. The van der Waals surface area contributed by atoms with Gasteiger partial charge in [0, 0.05) is 5.56 Å². The number of unbranched alkanes of at least 4 members (excludes halogenated alkanes) is 1. The monoisotopic (exact) mass is 294 g/mol. The Morgan fingerprint density at radius 3 is 2.68 bits per heavy atom. The van der Waals surface area contributed by atoms with E-state index in [-0.39, 0.29) is 0 Å². The first-order valence-corrected chi connectivity index (χ1v) is 7.63. The van der Waals surface area contributed by atoms with Crippen LogP contribution >= 0.6 is 0 Å². The van der Waals surface area contributed by atoms with Crippen molar-refractivity contribution in [2.75, 3.05) is 0 Å². The van der Waals surface area contributed by atoms with Crippen LogP contribution in [0.5, 0.6) is 0 Å². The minimum atomic E-state index is -1.51. The van der Waals surface area contributed by atoms with Crippen LogP contribution in [0.3, 0.4) is 0 Å². The van der Waals surface area contributed by atoms with Crippen LogP contribution in [0.2, 0.25) is 0 Å². The highest BCUT2D eigenvalue weighted by Crippen LogP contribution is 2.23. The maximum atomic E-state index is 9.53. The lowest BCUT2D eigenvalue weighted by Gasteiger charge is -2.05. The van der Waals surface area contributed by atoms with Crippen LogP contribution in [-0.2, 0) is 6.42 Å². The fourth-order valence-corrected chi connectivity index (χ4v) is 2.73. The van der Waals surface area contributed by atoms with Crippen molar-refractivity contribution in [1.29, 1.82) is 0 Å². The Bertz CT molecular complexity index is 783. The van der Waals surface area contributed by atoms with E-state index < -0.39 is 7.12 Å². The van der Waals surface area contributed by atoms with Crippen molar-refractivity contribution >= 4 is 23.6 Å². The molecular formula is C17H19BN2O2. The Labute approximate surface area is 130 Å². The van der Waals surface area contributed by atoms with Crippen LogP contribution in [0.4, 0.5) is 0 Å². The van der Waals surface area contributed by atoms with Crippen molar-refractivity contribution < 1.29 is 10.0 Å². The molecule has 0 saturated carbocycles. The molecule has 1 aromatic heterocycles. The van der Waals surface area contributed by atoms with Crippen molar-refractivity contribution in [3.8, 4) is 11.4 Å². The zero-order chi connectivity index (χ0) is 15.5. The van der Waals surface area contributed by atoms with Gasteiger partial charge in [-0.3, -0.25) is 0 Å². The van der Waals surface area contributed by atoms with Gasteiger partial charge in [-0.2, -0.15) is 0 Å². The summed E-state index contributed by atoms with van der Waals surface area (Å²) < 4.78 is 0. The lowest BCUT2D eigenvalue weighted by molar-refractivity contribution is 0.426. The summed E-state index contributed by atoms with van der Waals surface area (Å²) in [5.74, 6) is 0.669. The number of benzene rings is 2. The zero-order valence-corrected chi connectivity index (χ0v) is 12.6. The molecule has 0 aliphatic heterocycles. The number of aryl methyl sites for hydroxylation is 1. The Kier molecular flexibility index (Phi) is 4.27. The molecule has 5 heteroatoms. The molecule has 112 valence electrons. The summed E-state index contributed by atoms with van der Waals surface area (Å²) in [7, 11) is -1.51. The highest BCUT2D eigenvalue weighted by Gasteiger charge is 2.18. The van der Waals surface area contributed by atoms with Crippen molar-refractivity contribution in [2.45, 2.75) is 26.2 Å². The molecular weight excluding hydrogens is 275 g/mol. The molecule has 0 bridgehead atoms. The van der Waals surface area contributed by atoms with Gasteiger partial charge in [0.2, 0.25) is 0 Å². The number of imidazole rings is 1. The van der Waals surface area contributed by atoms with E-state index in [2.05, 4.69) is 18.0 Å². The highest BCUT2D eigenvalue weighted by molar-refractivity contribution is 6.60. The molecule has 0 spiro atoms. The molecule has 0 aliphatic rings. The summed E-state index contributed by atoms with van der Waals surface area (Å²) in [4.78, 5) is 7.99. The zero-order valence-electron chi connectivity index (χ0n) is 12.6. The smallest absolute Gasteiger partial charge is 0.423 e. The van der Waals surface area contributed by atoms with Gasteiger partial charge in [-0.1, -0.05) is 49.7 Å². The van der Waals surface area contributed by atoms with Crippen LogP contribution in [-0.4, -0.2) is 27.1 Å². The molecule has 3 aromatic rings. The number of aromatic nitrogens is 2. The molecule has 0 atom stereocenters. The molecule has 0 radical (unpaired) electrons. The standard InChI is InChI=1S/C17H19BN2O2/c1-2-3-7-12-8-6-11-15-16(12)20-17(19-15)13-9-4-5-10-14(13)18(21)22/h4-6,8-11,21-22H,2-3,7H2,1H3,(H,19,20). The number of hydrogen-bond donors (Lipinski definition) is 3. The van der Waals surface area contributed by atoms with Crippen LogP contribution < -0.4 is 5.46 Å². The quantitative estimate of drug-likeness (QED) is 0.632. The third kappa shape index (κ3) is 2.78. The fourth-order valence-electron chi connectivity index (χ4n) is 2.73. The van der Waals surface area contributed by atoms with E-state index in [4.69, 9.17) is 4.98 Å². The lowest BCUT2D eigenvalue weighted by atomic mass is 9.77. The SMILES string of the molecule is CCCCc1cccc2[nH]c(-c3ccccc3B(O)O)nc12. The van der Waals surface area contributed by atoms with E-state index in [1.165, 1.54) is 5.56 Å². The molecule has 0 saturated heterocycles. The van der Waals surface area contributed by atoms with E-state index in [1.54, 1.807) is 12.1 Å². The van der Waals surface area contributed by atoms with Crippen LogP contribution in [0.25, 0.3) is 22.4 Å². The number of nitrogens with zero attached hydrogens (tertiary/aromatic N) is 1. The molecule has 0 fully saturated rings. The maximum absolute atomic E-state index is 9.53. The predicted molar refractivity (Wildman–Crippen MR) is 90.0 cm³/mol. The van der Waals surface area contributed by atoms with Gasteiger partial charge < -0.3 is 15.0 Å². The van der Waals surface area contributed by atoms with Crippen LogP contribution in [0, 0.1) is 0 Å². The van der Waals surface area contributed by atoms with E-state index in [1.807, 2.05) is 24.3 Å². The molecule has 2 aromatic carbocycles. The number of fused-ring (bicyclic) bond motifs is 1. The van der Waals surface area contributed by atoms with Gasteiger partial charge in [-0.15, -0.1) is 0 Å². The Morgan fingerprint density at radius 1 is 1.09 bits per heavy atom. The van der Waals surface area contributed by atoms with Gasteiger partial charge in [0.25, 0.3) is 0 Å². The normalized spacial score (nSPS) is 11.0.